The molecular weight excluding hydrogens is 197 g/mol. The van der Waals surface area contributed by atoms with Crippen LogP contribution in [-0.2, 0) is 4.74 Å². The summed E-state index contributed by atoms with van der Waals surface area (Å²) in [5, 5.41) is 0. The maximum Gasteiger partial charge on any atom is 0.339 e. The van der Waals surface area contributed by atoms with Crippen molar-refractivity contribution in [3.05, 3.63) is 28.8 Å². The summed E-state index contributed by atoms with van der Waals surface area (Å²) >= 11 is 0. The van der Waals surface area contributed by atoms with Crippen LogP contribution >= 0.6 is 0 Å². The van der Waals surface area contributed by atoms with Crippen LogP contribution in [0.1, 0.15) is 34.6 Å². The molecule has 0 bridgehead atoms. The maximum absolute atomic E-state index is 13.1. The molecule has 1 atom stereocenters. The van der Waals surface area contributed by atoms with Gasteiger partial charge in [-0.15, -0.1) is 0 Å². The normalized spacial score (nSPS) is 12.3. The highest BCUT2D eigenvalue weighted by Gasteiger charge is 2.15. The van der Waals surface area contributed by atoms with Gasteiger partial charge in [-0.05, 0) is 37.1 Å². The van der Waals surface area contributed by atoms with E-state index in [2.05, 4.69) is 4.74 Å². The number of ether oxygens (including phenoxy) is 1. The number of carbonyl (C=O) groups is 1. The van der Waals surface area contributed by atoms with Crippen LogP contribution in [0.4, 0.5) is 10.1 Å². The van der Waals surface area contributed by atoms with Gasteiger partial charge in [0.1, 0.15) is 6.17 Å². The van der Waals surface area contributed by atoms with Crippen LogP contribution in [0.2, 0.25) is 0 Å². The number of aryl methyl sites for hydroxylation is 1. The molecule has 0 fully saturated rings. The highest BCUT2D eigenvalue weighted by molar-refractivity contribution is 5.95. The second-order valence-electron chi connectivity index (χ2n) is 3.40. The highest BCUT2D eigenvalue weighted by Crippen LogP contribution is 2.26. The smallest absolute Gasteiger partial charge is 0.339 e. The molecule has 1 unspecified atom stereocenters. The first-order valence-electron chi connectivity index (χ1n) is 4.59. The van der Waals surface area contributed by atoms with Crippen molar-refractivity contribution in [3.8, 4) is 0 Å². The Bertz CT molecular complexity index is 388. The van der Waals surface area contributed by atoms with Crippen molar-refractivity contribution in [2.75, 3.05) is 12.8 Å². The average Bonchev–Trinajstić information content (AvgIpc) is 2.19. The Balaban J connectivity index is 3.25. The van der Waals surface area contributed by atoms with E-state index in [9.17, 15) is 9.18 Å². The van der Waals surface area contributed by atoms with E-state index in [1.165, 1.54) is 20.1 Å². The third kappa shape index (κ3) is 2.26. The SMILES string of the molecule is COC(=O)c1cc(C)c(C(C)F)cc1N. The number of carbonyl (C=O) groups excluding carboxylic acids is 1. The molecule has 2 N–H and O–H groups in total. The lowest BCUT2D eigenvalue weighted by atomic mass is 10.0. The standard InChI is InChI=1S/C11H14FNO2/c1-6-4-9(11(14)15-3)10(13)5-8(6)7(2)12/h4-5,7H,13H2,1-3H3. The summed E-state index contributed by atoms with van der Waals surface area (Å²) in [5.74, 6) is -0.506. The summed E-state index contributed by atoms with van der Waals surface area (Å²) in [7, 11) is 1.28. The number of anilines is 1. The van der Waals surface area contributed by atoms with Gasteiger partial charge in [-0.25, -0.2) is 9.18 Å². The van der Waals surface area contributed by atoms with Crippen LogP contribution in [0.5, 0.6) is 0 Å². The molecule has 1 aromatic carbocycles. The van der Waals surface area contributed by atoms with Crippen LogP contribution in [0.25, 0.3) is 0 Å². The van der Waals surface area contributed by atoms with Gasteiger partial charge in [0, 0.05) is 5.69 Å². The first-order chi connectivity index (χ1) is 6.97. The first-order valence-corrected chi connectivity index (χ1v) is 4.59. The number of benzene rings is 1. The predicted octanol–water partition coefficient (Wildman–Crippen LogP) is 2.39. The number of hydrogen-bond acceptors (Lipinski definition) is 3. The summed E-state index contributed by atoms with van der Waals surface area (Å²) in [4.78, 5) is 11.3. The minimum Gasteiger partial charge on any atom is -0.465 e. The zero-order chi connectivity index (χ0) is 11.6. The van der Waals surface area contributed by atoms with Crippen molar-refractivity contribution >= 4 is 11.7 Å². The average molecular weight is 211 g/mol. The van der Waals surface area contributed by atoms with Crippen molar-refractivity contribution in [1.82, 2.24) is 0 Å². The van der Waals surface area contributed by atoms with Crippen molar-refractivity contribution in [2.24, 2.45) is 0 Å². The Labute approximate surface area is 88.0 Å². The number of halogens is 1. The lowest BCUT2D eigenvalue weighted by Crippen LogP contribution is -2.07. The Morgan fingerprint density at radius 1 is 1.53 bits per heavy atom. The molecule has 0 radical (unpaired) electrons. The van der Waals surface area contributed by atoms with Crippen LogP contribution in [0, 0.1) is 6.92 Å². The third-order valence-electron chi connectivity index (χ3n) is 2.27. The second-order valence-corrected chi connectivity index (χ2v) is 3.40. The Morgan fingerprint density at radius 3 is 2.60 bits per heavy atom. The topological polar surface area (TPSA) is 52.3 Å². The fraction of sp³-hybridized carbons (Fsp3) is 0.364. The van der Waals surface area contributed by atoms with E-state index in [4.69, 9.17) is 5.73 Å². The molecule has 3 nitrogen and oxygen atoms in total. The van der Waals surface area contributed by atoms with Gasteiger partial charge in [-0.1, -0.05) is 0 Å². The zero-order valence-electron chi connectivity index (χ0n) is 9.00. The monoisotopic (exact) mass is 211 g/mol. The molecule has 0 heterocycles. The summed E-state index contributed by atoms with van der Waals surface area (Å²) in [6.07, 6.45) is -1.10. The van der Waals surface area contributed by atoms with E-state index in [1.807, 2.05) is 0 Å². The van der Waals surface area contributed by atoms with Gasteiger partial charge in [0.15, 0.2) is 0 Å². The molecule has 82 valence electrons. The number of alkyl halides is 1. The van der Waals surface area contributed by atoms with Crippen molar-refractivity contribution in [2.45, 2.75) is 20.0 Å². The fourth-order valence-corrected chi connectivity index (χ4v) is 1.46. The quantitative estimate of drug-likeness (QED) is 0.603. The molecule has 0 spiro atoms. The summed E-state index contributed by atoms with van der Waals surface area (Å²) in [6, 6.07) is 3.03. The Morgan fingerprint density at radius 2 is 2.13 bits per heavy atom. The van der Waals surface area contributed by atoms with Gasteiger partial charge in [-0.2, -0.15) is 0 Å². The Hall–Kier alpha value is -1.58. The lowest BCUT2D eigenvalue weighted by Gasteiger charge is -2.11. The zero-order valence-corrected chi connectivity index (χ0v) is 9.00. The van der Waals surface area contributed by atoms with Gasteiger partial charge in [0.05, 0.1) is 12.7 Å². The number of nitrogen functional groups attached to an aromatic ring is 1. The molecule has 0 amide bonds. The fourth-order valence-electron chi connectivity index (χ4n) is 1.46. The van der Waals surface area contributed by atoms with Gasteiger partial charge >= 0.3 is 5.97 Å². The third-order valence-corrected chi connectivity index (χ3v) is 2.27. The van der Waals surface area contributed by atoms with Crippen LogP contribution < -0.4 is 5.73 Å². The number of nitrogens with two attached hydrogens (primary N) is 1. The molecular formula is C11H14FNO2. The largest absolute Gasteiger partial charge is 0.465 e. The van der Waals surface area contributed by atoms with Crippen LogP contribution in [0.3, 0.4) is 0 Å². The van der Waals surface area contributed by atoms with E-state index < -0.39 is 12.1 Å². The van der Waals surface area contributed by atoms with E-state index in [0.29, 0.717) is 11.1 Å². The molecule has 0 aromatic heterocycles. The molecule has 0 aliphatic rings. The van der Waals surface area contributed by atoms with E-state index >= 15 is 0 Å². The second kappa shape index (κ2) is 4.29. The molecule has 0 aliphatic carbocycles. The molecule has 0 aliphatic heterocycles. The molecule has 1 aromatic rings. The molecule has 4 heteroatoms. The minimum absolute atomic E-state index is 0.243. The van der Waals surface area contributed by atoms with Gasteiger partial charge in [0.2, 0.25) is 0 Å². The van der Waals surface area contributed by atoms with Gasteiger partial charge in [-0.3, -0.25) is 0 Å². The summed E-state index contributed by atoms with van der Waals surface area (Å²) in [5.41, 5.74) is 7.35. The van der Waals surface area contributed by atoms with E-state index in [1.54, 1.807) is 13.0 Å². The predicted molar refractivity (Wildman–Crippen MR) is 56.5 cm³/mol. The maximum atomic E-state index is 13.1. The van der Waals surface area contributed by atoms with Crippen molar-refractivity contribution in [1.29, 1.82) is 0 Å². The summed E-state index contributed by atoms with van der Waals surface area (Å²) in [6.45, 7) is 3.16. The number of rotatable bonds is 2. The number of hydrogen-bond donors (Lipinski definition) is 1. The van der Waals surface area contributed by atoms with Crippen molar-refractivity contribution in [3.63, 3.8) is 0 Å². The van der Waals surface area contributed by atoms with Crippen LogP contribution in [0.15, 0.2) is 12.1 Å². The molecule has 15 heavy (non-hydrogen) atoms. The van der Waals surface area contributed by atoms with Crippen molar-refractivity contribution < 1.29 is 13.9 Å². The van der Waals surface area contributed by atoms with E-state index in [-0.39, 0.29) is 11.3 Å². The van der Waals surface area contributed by atoms with Crippen LogP contribution in [-0.4, -0.2) is 13.1 Å². The summed E-state index contributed by atoms with van der Waals surface area (Å²) < 4.78 is 17.7. The van der Waals surface area contributed by atoms with Gasteiger partial charge in [0.25, 0.3) is 0 Å². The molecule has 1 rings (SSSR count). The lowest BCUT2D eigenvalue weighted by molar-refractivity contribution is 0.0602. The van der Waals surface area contributed by atoms with Gasteiger partial charge < -0.3 is 10.5 Å². The van der Waals surface area contributed by atoms with E-state index in [0.717, 1.165) is 0 Å². The number of esters is 1. The Kier molecular flexibility index (Phi) is 3.29. The highest BCUT2D eigenvalue weighted by atomic mass is 19.1. The molecule has 0 saturated heterocycles. The molecule has 0 saturated carbocycles. The number of methoxy groups -OCH3 is 1. The minimum atomic E-state index is -1.10. The first kappa shape index (κ1) is 11.5.